The fourth-order valence-electron chi connectivity index (χ4n) is 1.63. The molecule has 0 aliphatic heterocycles. The average Bonchev–Trinajstić information content (AvgIpc) is 2.44. The summed E-state index contributed by atoms with van der Waals surface area (Å²) in [5.41, 5.74) is -1.39. The van der Waals surface area contributed by atoms with Crippen LogP contribution < -0.4 is 0 Å². The van der Waals surface area contributed by atoms with Crippen LogP contribution in [0.25, 0.3) is 0 Å². The van der Waals surface area contributed by atoms with Gasteiger partial charge >= 0.3 is 13.8 Å². The molecule has 0 radical (unpaired) electrons. The first-order valence-corrected chi connectivity index (χ1v) is 9.83. The molecule has 0 saturated heterocycles. The lowest BCUT2D eigenvalue weighted by Crippen LogP contribution is -2.26. The van der Waals surface area contributed by atoms with E-state index in [4.69, 9.17) is 0 Å². The van der Waals surface area contributed by atoms with Gasteiger partial charge in [-0.3, -0.25) is 4.57 Å². The van der Waals surface area contributed by atoms with Gasteiger partial charge in [-0.25, -0.2) is 0 Å². The van der Waals surface area contributed by atoms with Crippen LogP contribution in [0, 0.1) is 6.92 Å². The van der Waals surface area contributed by atoms with Crippen molar-refractivity contribution in [3.63, 3.8) is 0 Å². The number of nitrogens with zero attached hydrogens (tertiary/aromatic N) is 1. The highest BCUT2D eigenvalue weighted by molar-refractivity contribution is 7.91. The number of alkyl halides is 3. The van der Waals surface area contributed by atoms with Gasteiger partial charge in [0.25, 0.3) is 10.0 Å². The SMILES string of the molecule is CCOP(=O)(OCC)/C(=N/S(=O)(=O)c1ccc(C)cc1)C(F)(F)F. The van der Waals surface area contributed by atoms with Gasteiger partial charge in [0.2, 0.25) is 5.45 Å². The average molecular weight is 387 g/mol. The first kappa shape index (κ1) is 20.8. The molecule has 24 heavy (non-hydrogen) atoms. The van der Waals surface area contributed by atoms with Crippen molar-refractivity contribution in [3.05, 3.63) is 29.8 Å². The van der Waals surface area contributed by atoms with E-state index in [1.165, 1.54) is 26.0 Å². The van der Waals surface area contributed by atoms with E-state index in [1.807, 2.05) is 0 Å². The predicted molar refractivity (Wildman–Crippen MR) is 82.7 cm³/mol. The molecule has 6 nitrogen and oxygen atoms in total. The van der Waals surface area contributed by atoms with E-state index < -0.39 is 34.1 Å². The third-order valence-electron chi connectivity index (χ3n) is 2.64. The molecule has 1 aromatic carbocycles. The molecule has 0 spiro atoms. The van der Waals surface area contributed by atoms with E-state index in [0.717, 1.165) is 12.1 Å². The highest BCUT2D eigenvalue weighted by Crippen LogP contribution is 2.54. The number of aryl methyl sites for hydroxylation is 1. The molecule has 0 amide bonds. The van der Waals surface area contributed by atoms with Gasteiger partial charge in [0.1, 0.15) is 0 Å². The summed E-state index contributed by atoms with van der Waals surface area (Å²) in [4.78, 5) is -0.464. The highest BCUT2D eigenvalue weighted by Gasteiger charge is 2.51. The van der Waals surface area contributed by atoms with Crippen molar-refractivity contribution < 1.29 is 35.2 Å². The second-order valence-corrected chi connectivity index (χ2v) is 8.07. The number of benzene rings is 1. The summed E-state index contributed by atoms with van der Waals surface area (Å²) < 4.78 is 88.3. The van der Waals surface area contributed by atoms with Crippen molar-refractivity contribution in [2.24, 2.45) is 4.40 Å². The van der Waals surface area contributed by atoms with Crippen molar-refractivity contribution in [2.45, 2.75) is 31.8 Å². The monoisotopic (exact) mass is 387 g/mol. The molecular weight excluding hydrogens is 370 g/mol. The Labute approximate surface area is 138 Å². The molecular formula is C13H17F3NO5PS. The van der Waals surface area contributed by atoms with Gasteiger partial charge in [0.05, 0.1) is 18.1 Å². The van der Waals surface area contributed by atoms with Crippen molar-refractivity contribution in [1.29, 1.82) is 0 Å². The smallest absolute Gasteiger partial charge is 0.304 e. The predicted octanol–water partition coefficient (Wildman–Crippen LogP) is 3.91. The zero-order valence-corrected chi connectivity index (χ0v) is 14.9. The molecule has 0 aromatic heterocycles. The summed E-state index contributed by atoms with van der Waals surface area (Å²) in [5.74, 6) is 0. The van der Waals surface area contributed by atoms with E-state index in [0.29, 0.717) is 5.56 Å². The molecule has 0 atom stereocenters. The van der Waals surface area contributed by atoms with E-state index in [1.54, 1.807) is 6.92 Å². The molecule has 136 valence electrons. The fraction of sp³-hybridized carbons (Fsp3) is 0.462. The highest BCUT2D eigenvalue weighted by atomic mass is 32.2. The minimum absolute atomic E-state index is 0.378. The Balaban J connectivity index is 3.52. The zero-order valence-electron chi connectivity index (χ0n) is 13.2. The van der Waals surface area contributed by atoms with E-state index >= 15 is 0 Å². The van der Waals surface area contributed by atoms with Crippen LogP contribution in [0.1, 0.15) is 19.4 Å². The first-order chi connectivity index (χ1) is 11.0. The number of hydrogen-bond acceptors (Lipinski definition) is 5. The molecule has 0 N–H and O–H groups in total. The van der Waals surface area contributed by atoms with Crippen molar-refractivity contribution >= 4 is 23.1 Å². The van der Waals surface area contributed by atoms with Crippen LogP contribution in [0.5, 0.6) is 0 Å². The van der Waals surface area contributed by atoms with Crippen LogP contribution >= 0.6 is 7.60 Å². The molecule has 1 aromatic rings. The van der Waals surface area contributed by atoms with Crippen LogP contribution in [0.3, 0.4) is 0 Å². The van der Waals surface area contributed by atoms with Gasteiger partial charge < -0.3 is 9.05 Å². The molecule has 0 aliphatic carbocycles. The van der Waals surface area contributed by atoms with Crippen molar-refractivity contribution in [2.75, 3.05) is 13.2 Å². The lowest BCUT2D eigenvalue weighted by molar-refractivity contribution is -0.0571. The summed E-state index contributed by atoms with van der Waals surface area (Å²) in [6.07, 6.45) is -5.31. The molecule has 0 aliphatic rings. The Bertz CT molecular complexity index is 734. The van der Waals surface area contributed by atoms with Gasteiger partial charge in [0.15, 0.2) is 0 Å². The van der Waals surface area contributed by atoms with E-state index in [9.17, 15) is 26.2 Å². The number of rotatable bonds is 7. The summed E-state index contributed by atoms with van der Waals surface area (Å²) in [5, 5.41) is 0. The minimum Gasteiger partial charge on any atom is -0.304 e. The maximum atomic E-state index is 13.2. The van der Waals surface area contributed by atoms with Crippen LogP contribution in [0.2, 0.25) is 0 Å². The molecule has 0 unspecified atom stereocenters. The number of hydrogen-bond donors (Lipinski definition) is 0. The van der Waals surface area contributed by atoms with Crippen molar-refractivity contribution in [3.8, 4) is 0 Å². The van der Waals surface area contributed by atoms with Crippen LogP contribution in [0.4, 0.5) is 13.2 Å². The standard InChI is InChI=1S/C13H17F3NO5PS/c1-4-21-23(18,22-5-2)12(13(14,15)16)17-24(19,20)11-8-6-10(3)7-9-11/h6-9H,4-5H2,1-3H3/b17-12+. The summed E-state index contributed by atoms with van der Waals surface area (Å²) in [7, 11) is -9.68. The van der Waals surface area contributed by atoms with Crippen LogP contribution in [-0.2, 0) is 23.6 Å². The van der Waals surface area contributed by atoms with Crippen molar-refractivity contribution in [1.82, 2.24) is 0 Å². The van der Waals surface area contributed by atoms with Crippen LogP contribution in [-0.4, -0.2) is 33.3 Å². The van der Waals surface area contributed by atoms with Gasteiger partial charge in [-0.1, -0.05) is 17.7 Å². The third-order valence-corrected chi connectivity index (χ3v) is 6.13. The Morgan fingerprint density at radius 3 is 1.96 bits per heavy atom. The minimum atomic E-state index is -5.31. The second kappa shape index (κ2) is 7.77. The molecule has 11 heteroatoms. The Kier molecular flexibility index (Phi) is 6.75. The zero-order chi connectivity index (χ0) is 18.6. The number of halogens is 3. The maximum Gasteiger partial charge on any atom is 0.442 e. The van der Waals surface area contributed by atoms with Gasteiger partial charge in [0, 0.05) is 0 Å². The fourth-order valence-corrected chi connectivity index (χ4v) is 4.58. The molecule has 0 saturated carbocycles. The third kappa shape index (κ3) is 5.14. The number of sulfonamides is 1. The normalized spacial score (nSPS) is 14.0. The van der Waals surface area contributed by atoms with Crippen LogP contribution in [0.15, 0.2) is 33.6 Å². The largest absolute Gasteiger partial charge is 0.442 e. The second-order valence-electron chi connectivity index (χ2n) is 4.53. The molecule has 1 rings (SSSR count). The molecule has 0 fully saturated rings. The van der Waals surface area contributed by atoms with E-state index in [-0.39, 0.29) is 13.2 Å². The van der Waals surface area contributed by atoms with Gasteiger partial charge in [-0.15, -0.1) is 4.40 Å². The lowest BCUT2D eigenvalue weighted by Gasteiger charge is -2.20. The Morgan fingerprint density at radius 1 is 1.12 bits per heavy atom. The molecule has 0 bridgehead atoms. The Hall–Kier alpha value is -1.22. The van der Waals surface area contributed by atoms with Gasteiger partial charge in [-0.2, -0.15) is 21.6 Å². The maximum absolute atomic E-state index is 13.2. The lowest BCUT2D eigenvalue weighted by atomic mass is 10.2. The summed E-state index contributed by atoms with van der Waals surface area (Å²) in [6, 6.07) is 5.02. The van der Waals surface area contributed by atoms with Gasteiger partial charge in [-0.05, 0) is 32.9 Å². The Morgan fingerprint density at radius 2 is 1.58 bits per heavy atom. The quantitative estimate of drug-likeness (QED) is 0.523. The first-order valence-electron chi connectivity index (χ1n) is 6.84. The summed E-state index contributed by atoms with van der Waals surface area (Å²) >= 11 is 0. The molecule has 0 heterocycles. The topological polar surface area (TPSA) is 82.0 Å². The summed E-state index contributed by atoms with van der Waals surface area (Å²) in [6.45, 7) is 3.52. The van der Waals surface area contributed by atoms with E-state index in [2.05, 4.69) is 13.4 Å².